The number of rotatable bonds is 7. The number of anilines is 2. The lowest BCUT2D eigenvalue weighted by molar-refractivity contribution is -0.132. The molecule has 1 unspecified atom stereocenters. The maximum absolute atomic E-state index is 13.4. The molecule has 8 heteroatoms. The highest BCUT2D eigenvalue weighted by molar-refractivity contribution is 6.51. The number of benzene rings is 3. The summed E-state index contributed by atoms with van der Waals surface area (Å²) in [6, 6.07) is 18.3. The molecule has 7 nitrogen and oxygen atoms in total. The molecule has 1 heterocycles. The number of nitrogens with zero attached hydrogens (tertiary/aromatic N) is 2. The first-order valence-corrected chi connectivity index (χ1v) is 12.2. The molecular weight excluding hydrogens is 492 g/mol. The fourth-order valence-electron chi connectivity index (χ4n) is 4.32. The van der Waals surface area contributed by atoms with Gasteiger partial charge in [0.2, 0.25) is 0 Å². The molecule has 3 aromatic rings. The lowest BCUT2D eigenvalue weighted by Gasteiger charge is -2.26. The Morgan fingerprint density at radius 3 is 2.32 bits per heavy atom. The van der Waals surface area contributed by atoms with Crippen LogP contribution in [0.2, 0.25) is 5.02 Å². The maximum Gasteiger partial charge on any atom is 0.300 e. The van der Waals surface area contributed by atoms with Crippen LogP contribution in [-0.4, -0.2) is 44.1 Å². The largest absolute Gasteiger partial charge is 0.507 e. The number of Topliss-reactive ketones (excluding diaryl/α,β-unsaturated/α-hetero) is 1. The highest BCUT2D eigenvalue weighted by Crippen LogP contribution is 2.44. The summed E-state index contributed by atoms with van der Waals surface area (Å²) < 4.78 is 11.0. The predicted octanol–water partition coefficient (Wildman–Crippen LogP) is 5.83. The first-order valence-electron chi connectivity index (χ1n) is 11.8. The second-order valence-electron chi connectivity index (χ2n) is 9.17. The van der Waals surface area contributed by atoms with Gasteiger partial charge in [0.15, 0.2) is 0 Å². The van der Waals surface area contributed by atoms with E-state index in [4.69, 9.17) is 21.1 Å². The summed E-state index contributed by atoms with van der Waals surface area (Å²) in [6.45, 7) is 3.80. The van der Waals surface area contributed by atoms with E-state index >= 15 is 0 Å². The van der Waals surface area contributed by atoms with Gasteiger partial charge < -0.3 is 19.5 Å². The quantitative estimate of drug-likeness (QED) is 0.240. The summed E-state index contributed by atoms with van der Waals surface area (Å²) in [5.74, 6) is -0.852. The fourth-order valence-corrected chi connectivity index (χ4v) is 4.57. The van der Waals surface area contributed by atoms with Crippen molar-refractivity contribution in [1.29, 1.82) is 0 Å². The van der Waals surface area contributed by atoms with Crippen LogP contribution in [0.1, 0.15) is 31.0 Å². The van der Waals surface area contributed by atoms with Crippen molar-refractivity contribution in [2.75, 3.05) is 31.0 Å². The molecule has 1 aliphatic heterocycles. The number of aliphatic hydroxyl groups excluding tert-OH is 1. The first kappa shape index (κ1) is 26.1. The topological polar surface area (TPSA) is 79.3 Å². The van der Waals surface area contributed by atoms with Crippen LogP contribution in [0.5, 0.6) is 11.5 Å². The summed E-state index contributed by atoms with van der Waals surface area (Å²) in [5.41, 5.74) is 2.38. The van der Waals surface area contributed by atoms with E-state index in [1.165, 1.54) is 12.0 Å². The molecule has 0 saturated carbocycles. The minimum Gasteiger partial charge on any atom is -0.507 e. The number of aliphatic hydroxyl groups is 1. The number of hydrogen-bond donors (Lipinski definition) is 1. The lowest BCUT2D eigenvalue weighted by atomic mass is 9.94. The van der Waals surface area contributed by atoms with E-state index in [2.05, 4.69) is 0 Å². The van der Waals surface area contributed by atoms with Gasteiger partial charge in [-0.25, -0.2) is 0 Å². The minimum atomic E-state index is -0.879. The minimum absolute atomic E-state index is 0.0174. The van der Waals surface area contributed by atoms with Crippen LogP contribution in [-0.2, 0) is 9.59 Å². The van der Waals surface area contributed by atoms with Gasteiger partial charge in [-0.3, -0.25) is 14.5 Å². The second-order valence-corrected chi connectivity index (χ2v) is 9.58. The van der Waals surface area contributed by atoms with E-state index in [1.54, 1.807) is 42.5 Å². The van der Waals surface area contributed by atoms with Crippen LogP contribution in [0.3, 0.4) is 0 Å². The molecule has 1 amide bonds. The molecule has 0 aromatic heterocycles. The van der Waals surface area contributed by atoms with Gasteiger partial charge in [-0.1, -0.05) is 35.9 Å². The van der Waals surface area contributed by atoms with Gasteiger partial charge in [-0.2, -0.15) is 0 Å². The maximum atomic E-state index is 13.4. The average Bonchev–Trinajstić information content (AvgIpc) is 3.13. The number of carbonyl (C=O) groups is 2. The Morgan fingerprint density at radius 1 is 1.03 bits per heavy atom. The Labute approximate surface area is 221 Å². The molecule has 0 spiro atoms. The summed E-state index contributed by atoms with van der Waals surface area (Å²) >= 11 is 6.37. The summed E-state index contributed by atoms with van der Waals surface area (Å²) in [7, 11) is 5.34. The number of ketones is 1. The van der Waals surface area contributed by atoms with Gasteiger partial charge in [-0.05, 0) is 61.9 Å². The van der Waals surface area contributed by atoms with Crippen LogP contribution in [0, 0.1) is 0 Å². The van der Waals surface area contributed by atoms with E-state index in [1.807, 2.05) is 57.1 Å². The van der Waals surface area contributed by atoms with Crippen LogP contribution in [0.25, 0.3) is 5.76 Å². The Hall–Kier alpha value is -3.97. The zero-order valence-electron chi connectivity index (χ0n) is 21.4. The molecule has 4 rings (SSSR count). The third kappa shape index (κ3) is 5.13. The Balaban J connectivity index is 1.91. The molecular formula is C29H29ClN2O5. The molecule has 1 fully saturated rings. The number of ether oxygens (including phenoxy) is 2. The zero-order chi connectivity index (χ0) is 26.9. The van der Waals surface area contributed by atoms with E-state index in [0.717, 1.165) is 5.69 Å². The van der Waals surface area contributed by atoms with Gasteiger partial charge in [0.25, 0.3) is 11.7 Å². The fraction of sp³-hybridized carbons (Fsp3) is 0.241. The van der Waals surface area contributed by atoms with Crippen molar-refractivity contribution in [2.45, 2.75) is 26.0 Å². The van der Waals surface area contributed by atoms with Crippen molar-refractivity contribution in [3.05, 3.63) is 88.5 Å². The Morgan fingerprint density at radius 2 is 1.73 bits per heavy atom. The number of carbonyl (C=O) groups excluding carboxylic acids is 2. The summed E-state index contributed by atoms with van der Waals surface area (Å²) in [5, 5.41) is 11.7. The molecule has 3 aromatic carbocycles. The SMILES string of the molecule is COc1ccc(N2C(=O)C(=O)/C(=C(/O)c3cccc(OC(C)C)c3)C2c2ccc(N(C)C)cc2)cc1Cl. The van der Waals surface area contributed by atoms with Crippen molar-refractivity contribution >= 4 is 40.4 Å². The van der Waals surface area contributed by atoms with Crippen molar-refractivity contribution in [3.8, 4) is 11.5 Å². The highest BCUT2D eigenvalue weighted by Gasteiger charge is 2.47. The monoisotopic (exact) mass is 520 g/mol. The summed E-state index contributed by atoms with van der Waals surface area (Å²) in [4.78, 5) is 30.1. The molecule has 1 atom stereocenters. The van der Waals surface area contributed by atoms with Crippen molar-refractivity contribution in [1.82, 2.24) is 0 Å². The smallest absolute Gasteiger partial charge is 0.300 e. The van der Waals surface area contributed by atoms with E-state index < -0.39 is 17.7 Å². The molecule has 0 aliphatic carbocycles. The zero-order valence-corrected chi connectivity index (χ0v) is 22.1. The van der Waals surface area contributed by atoms with E-state index in [-0.39, 0.29) is 17.4 Å². The Bertz CT molecular complexity index is 1360. The van der Waals surface area contributed by atoms with Gasteiger partial charge in [0.05, 0.1) is 29.9 Å². The van der Waals surface area contributed by atoms with Crippen LogP contribution in [0.4, 0.5) is 11.4 Å². The summed E-state index contributed by atoms with van der Waals surface area (Å²) in [6.07, 6.45) is -0.0713. The number of methoxy groups -OCH3 is 1. The molecule has 1 aliphatic rings. The number of amides is 1. The first-order chi connectivity index (χ1) is 17.6. The lowest BCUT2D eigenvalue weighted by Crippen LogP contribution is -2.29. The molecule has 1 N–H and O–H groups in total. The van der Waals surface area contributed by atoms with Crippen LogP contribution in [0.15, 0.2) is 72.3 Å². The molecule has 37 heavy (non-hydrogen) atoms. The average molecular weight is 521 g/mol. The predicted molar refractivity (Wildman–Crippen MR) is 146 cm³/mol. The third-order valence-electron chi connectivity index (χ3n) is 6.06. The van der Waals surface area contributed by atoms with E-state index in [9.17, 15) is 14.7 Å². The third-order valence-corrected chi connectivity index (χ3v) is 6.36. The standard InChI is InChI=1S/C29H29ClN2O5/c1-17(2)37-22-8-6-7-19(15-22)27(33)25-26(18-9-11-20(12-10-18)31(3)4)32(29(35)28(25)34)21-13-14-24(36-5)23(30)16-21/h6-17,26,33H,1-5H3/b27-25+. The van der Waals surface area contributed by atoms with Gasteiger partial charge in [0, 0.05) is 31.0 Å². The second kappa shape index (κ2) is 10.6. The van der Waals surface area contributed by atoms with Gasteiger partial charge >= 0.3 is 0 Å². The van der Waals surface area contributed by atoms with Gasteiger partial charge in [0.1, 0.15) is 17.3 Å². The van der Waals surface area contributed by atoms with Crippen LogP contribution >= 0.6 is 11.6 Å². The van der Waals surface area contributed by atoms with Crippen molar-refractivity contribution in [3.63, 3.8) is 0 Å². The molecule has 0 bridgehead atoms. The Kier molecular flexibility index (Phi) is 7.45. The highest BCUT2D eigenvalue weighted by atomic mass is 35.5. The number of halogens is 1. The number of hydrogen-bond acceptors (Lipinski definition) is 6. The van der Waals surface area contributed by atoms with E-state index in [0.29, 0.717) is 33.3 Å². The molecule has 1 saturated heterocycles. The van der Waals surface area contributed by atoms with Crippen molar-refractivity contribution in [2.24, 2.45) is 0 Å². The molecule has 0 radical (unpaired) electrons. The normalized spacial score (nSPS) is 16.8. The molecule has 192 valence electrons. The van der Waals surface area contributed by atoms with Gasteiger partial charge in [-0.15, -0.1) is 0 Å². The van der Waals surface area contributed by atoms with Crippen molar-refractivity contribution < 1.29 is 24.2 Å². The van der Waals surface area contributed by atoms with Crippen LogP contribution < -0.4 is 19.3 Å².